The summed E-state index contributed by atoms with van der Waals surface area (Å²) in [5.41, 5.74) is 2.33. The van der Waals surface area contributed by atoms with Crippen LogP contribution in [-0.4, -0.2) is 15.9 Å². The molecule has 0 aliphatic heterocycles. The molecule has 2 heterocycles. The fraction of sp³-hybridized carbons (Fsp3) is 0.0455. The van der Waals surface area contributed by atoms with Crippen LogP contribution in [0.4, 0.5) is 5.13 Å². The molecule has 0 fully saturated rings. The second kappa shape index (κ2) is 7.27. The summed E-state index contributed by atoms with van der Waals surface area (Å²) in [6.45, 7) is 1.99. The lowest BCUT2D eigenvalue weighted by Gasteiger charge is -2.06. The first-order chi connectivity index (χ1) is 14.2. The van der Waals surface area contributed by atoms with Crippen molar-refractivity contribution in [2.24, 2.45) is 0 Å². The molecule has 0 radical (unpaired) electrons. The Hall–Kier alpha value is -3.29. The molecule has 0 unspecified atom stereocenters. The molecule has 1 amide bonds. The highest BCUT2D eigenvalue weighted by atomic mass is 32.1. The van der Waals surface area contributed by atoms with Crippen molar-refractivity contribution in [2.45, 2.75) is 6.92 Å². The van der Waals surface area contributed by atoms with E-state index in [0.717, 1.165) is 31.2 Å². The Morgan fingerprint density at radius 1 is 0.897 bits per heavy atom. The molecule has 0 aliphatic carbocycles. The van der Waals surface area contributed by atoms with Crippen LogP contribution in [0.25, 0.3) is 20.4 Å². The zero-order valence-corrected chi connectivity index (χ0v) is 17.0. The maximum absolute atomic E-state index is 12.6. The Balaban J connectivity index is 1.35. The number of fused-ring (bicyclic) bond motifs is 3. The number of nitrogens with zero attached hydrogens (tertiary/aromatic N) is 2. The van der Waals surface area contributed by atoms with Crippen molar-refractivity contribution in [1.29, 1.82) is 0 Å². The molecule has 0 saturated heterocycles. The molecule has 5 nitrogen and oxygen atoms in total. The number of nitrogens with one attached hydrogen (secondary N) is 1. The largest absolute Gasteiger partial charge is 0.457 e. The predicted molar refractivity (Wildman–Crippen MR) is 118 cm³/mol. The lowest BCUT2D eigenvalue weighted by Crippen LogP contribution is -2.11. The number of hydrogen-bond donors (Lipinski definition) is 1. The molecule has 0 atom stereocenters. The average Bonchev–Trinajstić information content (AvgIpc) is 3.31. The Kier molecular flexibility index (Phi) is 4.46. The Bertz CT molecular complexity index is 1330. The van der Waals surface area contributed by atoms with Gasteiger partial charge in [0.15, 0.2) is 5.13 Å². The lowest BCUT2D eigenvalue weighted by molar-refractivity contribution is 0.102. The molecule has 29 heavy (non-hydrogen) atoms. The molecule has 0 saturated carbocycles. The molecular formula is C22H15N3O2S2. The molecule has 7 heteroatoms. The standard InChI is InChI=1S/C22H15N3O2S2/c1-13-23-19-18(28-13)12-11-17-20(19)29-22(24-17)25-21(26)14-7-9-16(10-8-14)27-15-5-3-2-4-6-15/h2-12H,1H3,(H,24,25,26). The number of thiazole rings is 2. The topological polar surface area (TPSA) is 64.1 Å². The lowest BCUT2D eigenvalue weighted by atomic mass is 10.2. The van der Waals surface area contributed by atoms with E-state index >= 15 is 0 Å². The van der Waals surface area contributed by atoms with Gasteiger partial charge in [0.25, 0.3) is 5.91 Å². The zero-order chi connectivity index (χ0) is 19.8. The van der Waals surface area contributed by atoms with E-state index in [-0.39, 0.29) is 5.91 Å². The summed E-state index contributed by atoms with van der Waals surface area (Å²) in [7, 11) is 0. The van der Waals surface area contributed by atoms with Crippen LogP contribution in [0.2, 0.25) is 0 Å². The monoisotopic (exact) mass is 417 g/mol. The van der Waals surface area contributed by atoms with E-state index in [1.807, 2.05) is 49.4 Å². The van der Waals surface area contributed by atoms with E-state index in [9.17, 15) is 4.79 Å². The smallest absolute Gasteiger partial charge is 0.257 e. The highest BCUT2D eigenvalue weighted by molar-refractivity contribution is 7.24. The minimum absolute atomic E-state index is 0.207. The van der Waals surface area contributed by atoms with Gasteiger partial charge in [-0.3, -0.25) is 10.1 Å². The third-order valence-corrected chi connectivity index (χ3v) is 6.27. The van der Waals surface area contributed by atoms with Crippen molar-refractivity contribution in [3.05, 3.63) is 77.3 Å². The Labute approximate surface area is 174 Å². The van der Waals surface area contributed by atoms with Gasteiger partial charge in [0.05, 0.1) is 19.9 Å². The van der Waals surface area contributed by atoms with Crippen molar-refractivity contribution in [1.82, 2.24) is 9.97 Å². The van der Waals surface area contributed by atoms with E-state index in [1.165, 1.54) is 11.3 Å². The quantitative estimate of drug-likeness (QED) is 0.375. The first-order valence-electron chi connectivity index (χ1n) is 8.97. The third kappa shape index (κ3) is 3.57. The van der Waals surface area contributed by atoms with Gasteiger partial charge in [-0.05, 0) is 55.5 Å². The molecule has 0 bridgehead atoms. The van der Waals surface area contributed by atoms with Crippen LogP contribution in [0.5, 0.6) is 11.5 Å². The number of amides is 1. The first-order valence-corrected chi connectivity index (χ1v) is 10.6. The minimum Gasteiger partial charge on any atom is -0.457 e. The van der Waals surface area contributed by atoms with Gasteiger partial charge in [-0.15, -0.1) is 11.3 Å². The molecule has 2 aromatic heterocycles. The van der Waals surface area contributed by atoms with Crippen molar-refractivity contribution >= 4 is 54.1 Å². The Morgan fingerprint density at radius 2 is 1.66 bits per heavy atom. The fourth-order valence-electron chi connectivity index (χ4n) is 3.01. The van der Waals surface area contributed by atoms with Gasteiger partial charge >= 0.3 is 0 Å². The normalized spacial score (nSPS) is 11.1. The highest BCUT2D eigenvalue weighted by Crippen LogP contribution is 2.34. The summed E-state index contributed by atoms with van der Waals surface area (Å²) in [6.07, 6.45) is 0. The predicted octanol–water partition coefficient (Wildman–Crippen LogP) is 6.26. The van der Waals surface area contributed by atoms with Gasteiger partial charge in [0.2, 0.25) is 0 Å². The first kappa shape index (κ1) is 17.8. The number of rotatable bonds is 4. The molecule has 0 spiro atoms. The van der Waals surface area contributed by atoms with Gasteiger partial charge in [-0.2, -0.15) is 0 Å². The third-order valence-electron chi connectivity index (χ3n) is 4.34. The van der Waals surface area contributed by atoms with Crippen LogP contribution in [0, 0.1) is 6.92 Å². The molecule has 5 aromatic rings. The number of benzene rings is 3. The number of anilines is 1. The minimum atomic E-state index is -0.207. The molecule has 5 rings (SSSR count). The number of para-hydroxylation sites is 1. The van der Waals surface area contributed by atoms with Crippen LogP contribution in [0.15, 0.2) is 66.7 Å². The molecular weight excluding hydrogens is 402 g/mol. The second-order valence-corrected chi connectivity index (χ2v) is 8.64. The number of aromatic nitrogens is 2. The van der Waals surface area contributed by atoms with E-state index in [0.29, 0.717) is 16.4 Å². The van der Waals surface area contributed by atoms with E-state index < -0.39 is 0 Å². The highest BCUT2D eigenvalue weighted by Gasteiger charge is 2.13. The number of aryl methyl sites for hydroxylation is 1. The van der Waals surface area contributed by atoms with Crippen molar-refractivity contribution in [3.8, 4) is 11.5 Å². The number of carbonyl (C=O) groups is 1. The molecule has 142 valence electrons. The summed E-state index contributed by atoms with van der Waals surface area (Å²) in [6, 6.07) is 20.6. The van der Waals surface area contributed by atoms with Gasteiger partial charge in [0, 0.05) is 5.56 Å². The fourth-order valence-corrected chi connectivity index (χ4v) is 4.86. The van der Waals surface area contributed by atoms with Gasteiger partial charge in [-0.1, -0.05) is 29.5 Å². The van der Waals surface area contributed by atoms with E-state index in [1.54, 1.807) is 35.6 Å². The van der Waals surface area contributed by atoms with Crippen LogP contribution in [-0.2, 0) is 0 Å². The summed E-state index contributed by atoms with van der Waals surface area (Å²) in [5.74, 6) is 1.22. The molecule has 1 N–H and O–H groups in total. The second-order valence-electron chi connectivity index (χ2n) is 6.41. The van der Waals surface area contributed by atoms with Crippen LogP contribution < -0.4 is 10.1 Å². The zero-order valence-electron chi connectivity index (χ0n) is 15.4. The van der Waals surface area contributed by atoms with Crippen LogP contribution in [0.3, 0.4) is 0 Å². The van der Waals surface area contributed by atoms with Crippen LogP contribution in [0.1, 0.15) is 15.4 Å². The SMILES string of the molecule is Cc1nc2c(ccc3nc(NC(=O)c4ccc(Oc5ccccc5)cc4)sc32)s1. The summed E-state index contributed by atoms with van der Waals surface area (Å²) in [4.78, 5) is 21.8. The van der Waals surface area contributed by atoms with Gasteiger partial charge < -0.3 is 4.74 Å². The summed E-state index contributed by atoms with van der Waals surface area (Å²) < 4.78 is 7.89. The molecule has 0 aliphatic rings. The van der Waals surface area contributed by atoms with Crippen molar-refractivity contribution in [3.63, 3.8) is 0 Å². The average molecular weight is 418 g/mol. The summed E-state index contributed by atoms with van der Waals surface area (Å²) in [5, 5.41) is 4.47. The van der Waals surface area contributed by atoms with E-state index in [4.69, 9.17) is 4.74 Å². The van der Waals surface area contributed by atoms with Crippen molar-refractivity contribution < 1.29 is 9.53 Å². The van der Waals surface area contributed by atoms with Gasteiger partial charge in [-0.25, -0.2) is 9.97 Å². The maximum Gasteiger partial charge on any atom is 0.257 e. The number of carbonyl (C=O) groups excluding carboxylic acids is 1. The maximum atomic E-state index is 12.6. The van der Waals surface area contributed by atoms with Crippen LogP contribution >= 0.6 is 22.7 Å². The number of ether oxygens (including phenoxy) is 1. The molecule has 3 aromatic carbocycles. The Morgan fingerprint density at radius 3 is 2.45 bits per heavy atom. The summed E-state index contributed by atoms with van der Waals surface area (Å²) >= 11 is 3.10. The van der Waals surface area contributed by atoms with Crippen molar-refractivity contribution in [2.75, 3.05) is 5.32 Å². The van der Waals surface area contributed by atoms with Gasteiger partial charge in [0.1, 0.15) is 17.0 Å². The number of hydrogen-bond acceptors (Lipinski definition) is 6. The van der Waals surface area contributed by atoms with E-state index in [2.05, 4.69) is 15.3 Å².